The van der Waals surface area contributed by atoms with Crippen molar-refractivity contribution in [3.8, 4) is 0 Å². The van der Waals surface area contributed by atoms with Crippen molar-refractivity contribution in [3.63, 3.8) is 0 Å². The predicted molar refractivity (Wildman–Crippen MR) is 63.8 cm³/mol. The number of rotatable bonds is 3. The van der Waals surface area contributed by atoms with E-state index < -0.39 is 5.97 Å². The van der Waals surface area contributed by atoms with Crippen LogP contribution in [0.2, 0.25) is 0 Å². The zero-order chi connectivity index (χ0) is 11.7. The minimum Gasteiger partial charge on any atom is -0.478 e. The van der Waals surface area contributed by atoms with Crippen LogP contribution >= 0.6 is 0 Å². The van der Waals surface area contributed by atoms with Gasteiger partial charge in [0.05, 0.1) is 11.1 Å². The molecule has 1 unspecified atom stereocenters. The Kier molecular flexibility index (Phi) is 2.52. The SMILES string of the molecule is C=CC(C)n1ccc2cccc(C(=O)O)c21. The Hall–Kier alpha value is -2.03. The number of carboxylic acid groups (broad SMARTS) is 1. The van der Waals surface area contributed by atoms with Gasteiger partial charge in [-0.15, -0.1) is 6.58 Å². The van der Waals surface area contributed by atoms with Gasteiger partial charge in [0.2, 0.25) is 0 Å². The van der Waals surface area contributed by atoms with Crippen LogP contribution in [0.15, 0.2) is 43.1 Å². The standard InChI is InChI=1S/C13H13NO2/c1-3-9(2)14-8-7-10-5-4-6-11(12(10)14)13(15)16/h3-9H,1H2,2H3,(H,15,16). The summed E-state index contributed by atoms with van der Waals surface area (Å²) in [4.78, 5) is 11.1. The average Bonchev–Trinajstić information content (AvgIpc) is 2.71. The van der Waals surface area contributed by atoms with Crippen LogP contribution in [-0.2, 0) is 0 Å². The van der Waals surface area contributed by atoms with Crippen molar-refractivity contribution in [2.45, 2.75) is 13.0 Å². The molecule has 1 atom stereocenters. The topological polar surface area (TPSA) is 42.2 Å². The molecule has 1 aromatic carbocycles. The van der Waals surface area contributed by atoms with Crippen LogP contribution in [0.1, 0.15) is 23.3 Å². The van der Waals surface area contributed by atoms with E-state index in [1.54, 1.807) is 18.2 Å². The van der Waals surface area contributed by atoms with Crippen molar-refractivity contribution >= 4 is 16.9 Å². The number of carboxylic acids is 1. The molecule has 3 nitrogen and oxygen atoms in total. The van der Waals surface area contributed by atoms with Gasteiger partial charge in [0.15, 0.2) is 0 Å². The molecule has 0 saturated heterocycles. The molecule has 2 rings (SSSR count). The van der Waals surface area contributed by atoms with Crippen molar-refractivity contribution in [3.05, 3.63) is 48.7 Å². The van der Waals surface area contributed by atoms with Crippen LogP contribution in [0.4, 0.5) is 0 Å². The predicted octanol–water partition coefficient (Wildman–Crippen LogP) is 3.09. The van der Waals surface area contributed by atoms with Crippen LogP contribution in [0, 0.1) is 0 Å². The Balaban J connectivity index is 2.77. The van der Waals surface area contributed by atoms with Gasteiger partial charge in [-0.1, -0.05) is 18.2 Å². The maximum absolute atomic E-state index is 11.1. The molecular weight excluding hydrogens is 202 g/mol. The number of nitrogens with zero attached hydrogens (tertiary/aromatic N) is 1. The van der Waals surface area contributed by atoms with Crippen LogP contribution in [0.3, 0.4) is 0 Å². The van der Waals surface area contributed by atoms with Crippen LogP contribution in [-0.4, -0.2) is 15.6 Å². The number of fused-ring (bicyclic) bond motifs is 1. The zero-order valence-corrected chi connectivity index (χ0v) is 9.05. The van der Waals surface area contributed by atoms with Gasteiger partial charge >= 0.3 is 5.97 Å². The third-order valence-electron chi connectivity index (χ3n) is 2.75. The van der Waals surface area contributed by atoms with E-state index in [9.17, 15) is 4.79 Å². The van der Waals surface area contributed by atoms with Gasteiger partial charge in [-0.2, -0.15) is 0 Å². The van der Waals surface area contributed by atoms with Crippen molar-refractivity contribution in [1.82, 2.24) is 4.57 Å². The van der Waals surface area contributed by atoms with Gasteiger partial charge in [-0.3, -0.25) is 0 Å². The molecule has 1 N–H and O–H groups in total. The molecule has 0 saturated carbocycles. The number of para-hydroxylation sites is 1. The summed E-state index contributed by atoms with van der Waals surface area (Å²) in [5, 5.41) is 10.1. The highest BCUT2D eigenvalue weighted by Crippen LogP contribution is 2.24. The quantitative estimate of drug-likeness (QED) is 0.799. The Morgan fingerprint density at radius 1 is 1.50 bits per heavy atom. The fourth-order valence-electron chi connectivity index (χ4n) is 1.84. The normalized spacial score (nSPS) is 12.6. The molecule has 0 amide bonds. The molecule has 16 heavy (non-hydrogen) atoms. The maximum atomic E-state index is 11.1. The Bertz CT molecular complexity index is 554. The first-order chi connectivity index (χ1) is 7.65. The van der Waals surface area contributed by atoms with E-state index in [1.807, 2.05) is 29.8 Å². The molecule has 0 radical (unpaired) electrons. The first-order valence-corrected chi connectivity index (χ1v) is 5.10. The van der Waals surface area contributed by atoms with Gasteiger partial charge in [0.1, 0.15) is 0 Å². The monoisotopic (exact) mass is 215 g/mol. The minimum absolute atomic E-state index is 0.0815. The Labute approximate surface area is 93.6 Å². The lowest BCUT2D eigenvalue weighted by atomic mass is 10.1. The van der Waals surface area contributed by atoms with Crippen molar-refractivity contribution in [1.29, 1.82) is 0 Å². The molecule has 0 aliphatic carbocycles. The summed E-state index contributed by atoms with van der Waals surface area (Å²) >= 11 is 0. The van der Waals surface area contributed by atoms with Crippen LogP contribution in [0.25, 0.3) is 10.9 Å². The second-order valence-corrected chi connectivity index (χ2v) is 3.75. The van der Waals surface area contributed by atoms with Gasteiger partial charge in [-0.05, 0) is 19.1 Å². The summed E-state index contributed by atoms with van der Waals surface area (Å²) in [7, 11) is 0. The molecule has 1 heterocycles. The second kappa shape index (κ2) is 3.85. The van der Waals surface area contributed by atoms with E-state index in [0.29, 0.717) is 5.56 Å². The largest absolute Gasteiger partial charge is 0.478 e. The van der Waals surface area contributed by atoms with Gasteiger partial charge in [-0.25, -0.2) is 4.79 Å². The Morgan fingerprint density at radius 2 is 2.25 bits per heavy atom. The smallest absolute Gasteiger partial charge is 0.337 e. The van der Waals surface area contributed by atoms with Crippen molar-refractivity contribution in [2.24, 2.45) is 0 Å². The summed E-state index contributed by atoms with van der Waals surface area (Å²) < 4.78 is 1.92. The van der Waals surface area contributed by atoms with E-state index >= 15 is 0 Å². The molecule has 0 aliphatic rings. The van der Waals surface area contributed by atoms with Gasteiger partial charge in [0, 0.05) is 17.6 Å². The number of allylic oxidation sites excluding steroid dienone is 1. The fourth-order valence-corrected chi connectivity index (χ4v) is 1.84. The lowest BCUT2D eigenvalue weighted by Gasteiger charge is -2.11. The minimum atomic E-state index is -0.901. The van der Waals surface area contributed by atoms with Crippen LogP contribution in [0.5, 0.6) is 0 Å². The first-order valence-electron chi connectivity index (χ1n) is 5.10. The summed E-state index contributed by atoms with van der Waals surface area (Å²) in [6.45, 7) is 5.71. The third-order valence-corrected chi connectivity index (χ3v) is 2.75. The average molecular weight is 215 g/mol. The molecular formula is C13H13NO2. The molecule has 82 valence electrons. The summed E-state index contributed by atoms with van der Waals surface area (Å²) in [5.74, 6) is -0.901. The number of hydrogen-bond acceptors (Lipinski definition) is 1. The molecule has 1 aromatic heterocycles. The highest BCUT2D eigenvalue weighted by Gasteiger charge is 2.13. The number of aromatic carboxylic acids is 1. The number of hydrogen-bond donors (Lipinski definition) is 1. The second-order valence-electron chi connectivity index (χ2n) is 3.75. The highest BCUT2D eigenvalue weighted by molar-refractivity contribution is 6.02. The lowest BCUT2D eigenvalue weighted by molar-refractivity contribution is 0.0698. The number of benzene rings is 1. The van der Waals surface area contributed by atoms with Crippen molar-refractivity contribution in [2.75, 3.05) is 0 Å². The van der Waals surface area contributed by atoms with E-state index in [1.165, 1.54) is 0 Å². The number of carbonyl (C=O) groups is 1. The van der Waals surface area contributed by atoms with E-state index in [-0.39, 0.29) is 6.04 Å². The van der Waals surface area contributed by atoms with Crippen molar-refractivity contribution < 1.29 is 9.90 Å². The summed E-state index contributed by atoms with van der Waals surface area (Å²) in [5.41, 5.74) is 1.08. The molecule has 0 fully saturated rings. The summed E-state index contributed by atoms with van der Waals surface area (Å²) in [6, 6.07) is 7.29. The molecule has 0 aliphatic heterocycles. The number of aromatic nitrogens is 1. The maximum Gasteiger partial charge on any atom is 0.337 e. The van der Waals surface area contributed by atoms with Gasteiger partial charge in [0.25, 0.3) is 0 Å². The van der Waals surface area contributed by atoms with E-state index in [4.69, 9.17) is 5.11 Å². The fraction of sp³-hybridized carbons (Fsp3) is 0.154. The first kappa shape index (κ1) is 10.5. The Morgan fingerprint density at radius 3 is 2.88 bits per heavy atom. The lowest BCUT2D eigenvalue weighted by Crippen LogP contribution is -2.05. The molecule has 2 aromatic rings. The van der Waals surface area contributed by atoms with Gasteiger partial charge < -0.3 is 9.67 Å². The third kappa shape index (κ3) is 1.50. The molecule has 0 bridgehead atoms. The van der Waals surface area contributed by atoms with E-state index in [0.717, 1.165) is 10.9 Å². The van der Waals surface area contributed by atoms with Crippen LogP contribution < -0.4 is 0 Å². The van der Waals surface area contributed by atoms with E-state index in [2.05, 4.69) is 6.58 Å². The summed E-state index contributed by atoms with van der Waals surface area (Å²) in [6.07, 6.45) is 3.68. The molecule has 0 spiro atoms. The highest BCUT2D eigenvalue weighted by atomic mass is 16.4. The molecule has 3 heteroatoms. The zero-order valence-electron chi connectivity index (χ0n) is 9.05.